The molecule has 0 spiro atoms. The van der Waals surface area contributed by atoms with E-state index in [1.165, 1.54) is 23.9 Å². The number of methoxy groups -OCH3 is 1. The highest BCUT2D eigenvalue weighted by Crippen LogP contribution is 2.27. The predicted molar refractivity (Wildman–Crippen MR) is 112 cm³/mol. The summed E-state index contributed by atoms with van der Waals surface area (Å²) in [6.45, 7) is 0.976. The first-order valence-corrected chi connectivity index (χ1v) is 10.3. The molecule has 4 aromatic rings. The van der Waals surface area contributed by atoms with Gasteiger partial charge in [-0.3, -0.25) is 4.57 Å². The zero-order chi connectivity index (χ0) is 20.8. The van der Waals surface area contributed by atoms with E-state index >= 15 is 0 Å². The van der Waals surface area contributed by atoms with Crippen LogP contribution in [0, 0.1) is 5.82 Å². The van der Waals surface area contributed by atoms with E-state index < -0.39 is 0 Å². The summed E-state index contributed by atoms with van der Waals surface area (Å²) in [4.78, 5) is 0. The molecule has 0 N–H and O–H groups in total. The number of rotatable bonds is 9. The standard InChI is InChI=1S/C22H20FN3O3S/c1-27-18-8-4-16(5-9-18)21-24-25-22(26(21)15-20-3-2-12-28-20)30-14-13-29-19-10-6-17(23)7-11-19/h2-12H,13-15H2,1H3. The molecule has 0 saturated carbocycles. The lowest BCUT2D eigenvalue weighted by atomic mass is 10.2. The third kappa shape index (κ3) is 4.83. The van der Waals surface area contributed by atoms with Gasteiger partial charge in [0.2, 0.25) is 0 Å². The van der Waals surface area contributed by atoms with E-state index in [9.17, 15) is 4.39 Å². The van der Waals surface area contributed by atoms with Crippen LogP contribution in [0.5, 0.6) is 11.5 Å². The number of aromatic nitrogens is 3. The van der Waals surface area contributed by atoms with Crippen LogP contribution in [-0.4, -0.2) is 34.2 Å². The quantitative estimate of drug-likeness (QED) is 0.281. The van der Waals surface area contributed by atoms with Gasteiger partial charge in [-0.05, 0) is 60.7 Å². The van der Waals surface area contributed by atoms with Crippen molar-refractivity contribution in [3.05, 3.63) is 78.5 Å². The van der Waals surface area contributed by atoms with Gasteiger partial charge in [0.1, 0.15) is 23.1 Å². The fraction of sp³-hybridized carbons (Fsp3) is 0.182. The first kappa shape index (κ1) is 20.0. The third-order valence-corrected chi connectivity index (χ3v) is 5.29. The number of ether oxygens (including phenoxy) is 2. The Kier molecular flexibility index (Phi) is 6.34. The van der Waals surface area contributed by atoms with Crippen molar-refractivity contribution in [3.63, 3.8) is 0 Å². The lowest BCUT2D eigenvalue weighted by Gasteiger charge is -2.10. The lowest BCUT2D eigenvalue weighted by molar-refractivity contribution is 0.343. The van der Waals surface area contributed by atoms with Crippen molar-refractivity contribution in [1.29, 1.82) is 0 Å². The number of benzene rings is 2. The van der Waals surface area contributed by atoms with E-state index in [2.05, 4.69) is 10.2 Å². The van der Waals surface area contributed by atoms with Crippen LogP contribution >= 0.6 is 11.8 Å². The fourth-order valence-electron chi connectivity index (χ4n) is 2.87. The summed E-state index contributed by atoms with van der Waals surface area (Å²) in [7, 11) is 1.64. The van der Waals surface area contributed by atoms with Crippen molar-refractivity contribution in [1.82, 2.24) is 14.8 Å². The highest BCUT2D eigenvalue weighted by molar-refractivity contribution is 7.99. The highest BCUT2D eigenvalue weighted by atomic mass is 32.2. The number of hydrogen-bond donors (Lipinski definition) is 0. The number of thioether (sulfide) groups is 1. The summed E-state index contributed by atoms with van der Waals surface area (Å²) in [5.41, 5.74) is 0.935. The maximum atomic E-state index is 13.0. The minimum Gasteiger partial charge on any atom is -0.497 e. The first-order chi connectivity index (χ1) is 14.7. The monoisotopic (exact) mass is 425 g/mol. The Labute approximate surface area is 177 Å². The van der Waals surface area contributed by atoms with Crippen LogP contribution in [0.3, 0.4) is 0 Å². The maximum Gasteiger partial charge on any atom is 0.192 e. The number of halogens is 1. The normalized spacial score (nSPS) is 10.9. The van der Waals surface area contributed by atoms with Gasteiger partial charge in [-0.15, -0.1) is 10.2 Å². The van der Waals surface area contributed by atoms with Crippen LogP contribution in [0.4, 0.5) is 4.39 Å². The molecular formula is C22H20FN3O3S. The van der Waals surface area contributed by atoms with Crippen LogP contribution in [0.25, 0.3) is 11.4 Å². The smallest absolute Gasteiger partial charge is 0.192 e. The lowest BCUT2D eigenvalue weighted by Crippen LogP contribution is -2.05. The van der Waals surface area contributed by atoms with Crippen LogP contribution in [0.15, 0.2) is 76.5 Å². The summed E-state index contributed by atoms with van der Waals surface area (Å²) < 4.78 is 31.4. The zero-order valence-corrected chi connectivity index (χ0v) is 17.1. The van der Waals surface area contributed by atoms with E-state index in [0.717, 1.165) is 28.1 Å². The molecule has 0 aliphatic carbocycles. The first-order valence-electron chi connectivity index (χ1n) is 9.34. The molecule has 30 heavy (non-hydrogen) atoms. The van der Waals surface area contributed by atoms with Crippen molar-refractivity contribution < 1.29 is 18.3 Å². The molecule has 0 saturated heterocycles. The van der Waals surface area contributed by atoms with Gasteiger partial charge in [-0.1, -0.05) is 11.8 Å². The maximum absolute atomic E-state index is 13.0. The van der Waals surface area contributed by atoms with Crippen molar-refractivity contribution in [2.75, 3.05) is 19.5 Å². The molecule has 0 amide bonds. The zero-order valence-electron chi connectivity index (χ0n) is 16.3. The van der Waals surface area contributed by atoms with E-state index in [0.29, 0.717) is 24.7 Å². The number of nitrogens with zero attached hydrogens (tertiary/aromatic N) is 3. The minimum atomic E-state index is -0.284. The molecule has 0 atom stereocenters. The Bertz CT molecular complexity index is 1060. The van der Waals surface area contributed by atoms with E-state index in [1.54, 1.807) is 25.5 Å². The Morgan fingerprint density at radius 3 is 2.47 bits per heavy atom. The average molecular weight is 425 g/mol. The molecule has 8 heteroatoms. The molecule has 0 unspecified atom stereocenters. The topological polar surface area (TPSA) is 62.3 Å². The fourth-order valence-corrected chi connectivity index (χ4v) is 3.63. The van der Waals surface area contributed by atoms with Crippen LogP contribution < -0.4 is 9.47 Å². The van der Waals surface area contributed by atoms with Crippen molar-refractivity contribution in [3.8, 4) is 22.9 Å². The van der Waals surface area contributed by atoms with E-state index in [4.69, 9.17) is 13.9 Å². The molecule has 0 radical (unpaired) electrons. The largest absolute Gasteiger partial charge is 0.497 e. The molecular weight excluding hydrogens is 405 g/mol. The van der Waals surface area contributed by atoms with Gasteiger partial charge in [0.25, 0.3) is 0 Å². The SMILES string of the molecule is COc1ccc(-c2nnc(SCCOc3ccc(F)cc3)n2Cc2ccco2)cc1. The molecule has 0 aliphatic heterocycles. The van der Waals surface area contributed by atoms with Gasteiger partial charge >= 0.3 is 0 Å². The van der Waals surface area contributed by atoms with Crippen molar-refractivity contribution >= 4 is 11.8 Å². The van der Waals surface area contributed by atoms with Gasteiger partial charge in [-0.25, -0.2) is 4.39 Å². The van der Waals surface area contributed by atoms with E-state index in [-0.39, 0.29) is 5.82 Å². The molecule has 0 fully saturated rings. The summed E-state index contributed by atoms with van der Waals surface area (Å²) in [5, 5.41) is 9.53. The van der Waals surface area contributed by atoms with Gasteiger partial charge in [0.15, 0.2) is 11.0 Å². The summed E-state index contributed by atoms with van der Waals surface area (Å²) in [6, 6.07) is 17.5. The second kappa shape index (κ2) is 9.49. The van der Waals surface area contributed by atoms with Crippen molar-refractivity contribution in [2.45, 2.75) is 11.7 Å². The van der Waals surface area contributed by atoms with Gasteiger partial charge < -0.3 is 13.9 Å². The number of hydrogen-bond acceptors (Lipinski definition) is 6. The van der Waals surface area contributed by atoms with Gasteiger partial charge in [-0.2, -0.15) is 0 Å². The highest BCUT2D eigenvalue weighted by Gasteiger charge is 2.16. The molecule has 2 heterocycles. The predicted octanol–water partition coefficient (Wildman–Crippen LogP) is 4.91. The molecule has 2 aromatic carbocycles. The summed E-state index contributed by atoms with van der Waals surface area (Å²) in [6.07, 6.45) is 1.65. The van der Waals surface area contributed by atoms with Crippen LogP contribution in [-0.2, 0) is 6.54 Å². The van der Waals surface area contributed by atoms with Gasteiger partial charge in [0, 0.05) is 11.3 Å². The second-order valence-electron chi connectivity index (χ2n) is 6.35. The summed E-state index contributed by atoms with van der Waals surface area (Å²) in [5.74, 6) is 3.35. The van der Waals surface area contributed by atoms with Crippen molar-refractivity contribution in [2.24, 2.45) is 0 Å². The minimum absolute atomic E-state index is 0.284. The molecule has 0 aliphatic rings. The van der Waals surface area contributed by atoms with E-state index in [1.807, 2.05) is 41.0 Å². The van der Waals surface area contributed by atoms with Crippen LogP contribution in [0.2, 0.25) is 0 Å². The molecule has 6 nitrogen and oxygen atoms in total. The molecule has 2 aromatic heterocycles. The Balaban J connectivity index is 1.48. The second-order valence-corrected chi connectivity index (χ2v) is 7.41. The Morgan fingerprint density at radius 1 is 1.00 bits per heavy atom. The molecule has 0 bridgehead atoms. The molecule has 154 valence electrons. The summed E-state index contributed by atoms with van der Waals surface area (Å²) >= 11 is 1.54. The van der Waals surface area contributed by atoms with Gasteiger partial charge in [0.05, 0.1) is 26.5 Å². The van der Waals surface area contributed by atoms with Crippen LogP contribution in [0.1, 0.15) is 5.76 Å². The number of furan rings is 1. The average Bonchev–Trinajstić information content (AvgIpc) is 3.43. The Hall–Kier alpha value is -3.26. The molecule has 4 rings (SSSR count). The third-order valence-electron chi connectivity index (χ3n) is 4.36. The Morgan fingerprint density at radius 2 is 1.77 bits per heavy atom.